The van der Waals surface area contributed by atoms with Crippen LogP contribution in [0.1, 0.15) is 38.3 Å². The fourth-order valence-electron chi connectivity index (χ4n) is 3.85. The van der Waals surface area contributed by atoms with Gasteiger partial charge < -0.3 is 25.3 Å². The first-order valence-corrected chi connectivity index (χ1v) is 10.2. The van der Waals surface area contributed by atoms with Gasteiger partial charge in [0, 0.05) is 16.8 Å². The number of hydrogen-bond acceptors (Lipinski definition) is 6. The quantitative estimate of drug-likeness (QED) is 0.457. The molecule has 154 valence electrons. The van der Waals surface area contributed by atoms with E-state index < -0.39 is 0 Å². The van der Waals surface area contributed by atoms with Gasteiger partial charge in [0.1, 0.15) is 11.5 Å². The standard InChI is InChI=1S/C22H28N4O3/c1-22(9-7-17(28)8-10-22)26-21-18-13-16(14-29-12-11-27)23-20(18)24-19(25-21)15-5-3-2-4-6-15/h2-6,13,17,27-28H,7-12,14H2,1H3,(H2,23,24,25,26). The highest BCUT2D eigenvalue weighted by atomic mass is 16.5. The van der Waals surface area contributed by atoms with Crippen molar-refractivity contribution >= 4 is 16.9 Å². The first-order chi connectivity index (χ1) is 14.1. The Labute approximate surface area is 170 Å². The Hall–Kier alpha value is -2.48. The molecule has 0 spiro atoms. The third-order valence-corrected chi connectivity index (χ3v) is 5.55. The summed E-state index contributed by atoms with van der Waals surface area (Å²) in [6.07, 6.45) is 3.14. The molecular weight excluding hydrogens is 368 g/mol. The van der Waals surface area contributed by atoms with Gasteiger partial charge in [0.25, 0.3) is 0 Å². The van der Waals surface area contributed by atoms with E-state index in [9.17, 15) is 5.11 Å². The van der Waals surface area contributed by atoms with E-state index in [1.807, 2.05) is 36.4 Å². The molecule has 4 N–H and O–H groups in total. The van der Waals surface area contributed by atoms with E-state index in [4.69, 9.17) is 19.8 Å². The van der Waals surface area contributed by atoms with Crippen LogP contribution in [0.2, 0.25) is 0 Å². The lowest BCUT2D eigenvalue weighted by molar-refractivity contribution is 0.0800. The topological polar surface area (TPSA) is 103 Å². The number of aliphatic hydroxyl groups excluding tert-OH is 2. The lowest BCUT2D eigenvalue weighted by Crippen LogP contribution is -2.40. The molecule has 0 atom stereocenters. The molecule has 0 saturated heterocycles. The van der Waals surface area contributed by atoms with E-state index in [-0.39, 0.29) is 18.2 Å². The fourth-order valence-corrected chi connectivity index (χ4v) is 3.85. The minimum Gasteiger partial charge on any atom is -0.394 e. The van der Waals surface area contributed by atoms with Crippen LogP contribution in [0.3, 0.4) is 0 Å². The number of nitrogens with zero attached hydrogens (tertiary/aromatic N) is 2. The number of anilines is 1. The van der Waals surface area contributed by atoms with E-state index in [2.05, 4.69) is 17.2 Å². The van der Waals surface area contributed by atoms with Gasteiger partial charge in [-0.05, 0) is 38.7 Å². The molecule has 0 amide bonds. The number of ether oxygens (including phenoxy) is 1. The summed E-state index contributed by atoms with van der Waals surface area (Å²) in [5, 5.41) is 23.4. The minimum atomic E-state index is -0.210. The number of benzene rings is 1. The number of aliphatic hydroxyl groups is 2. The molecule has 1 saturated carbocycles. The number of hydrogen-bond donors (Lipinski definition) is 4. The summed E-state index contributed by atoms with van der Waals surface area (Å²) in [4.78, 5) is 12.9. The van der Waals surface area contributed by atoms with Gasteiger partial charge in [-0.3, -0.25) is 0 Å². The van der Waals surface area contributed by atoms with Crippen molar-refractivity contribution in [1.82, 2.24) is 15.0 Å². The van der Waals surface area contributed by atoms with Crippen LogP contribution in [0.15, 0.2) is 36.4 Å². The first-order valence-electron chi connectivity index (χ1n) is 10.2. The van der Waals surface area contributed by atoms with Crippen molar-refractivity contribution in [3.8, 4) is 11.4 Å². The van der Waals surface area contributed by atoms with Gasteiger partial charge in [-0.15, -0.1) is 0 Å². The van der Waals surface area contributed by atoms with Crippen molar-refractivity contribution in [3.05, 3.63) is 42.1 Å². The zero-order valence-corrected chi connectivity index (χ0v) is 16.7. The molecule has 2 heterocycles. The van der Waals surface area contributed by atoms with Crippen LogP contribution >= 0.6 is 0 Å². The molecule has 1 aliphatic carbocycles. The molecule has 1 aromatic carbocycles. The highest BCUT2D eigenvalue weighted by Crippen LogP contribution is 2.34. The maximum absolute atomic E-state index is 9.89. The summed E-state index contributed by atoms with van der Waals surface area (Å²) >= 11 is 0. The third kappa shape index (κ3) is 4.58. The van der Waals surface area contributed by atoms with Crippen molar-refractivity contribution in [3.63, 3.8) is 0 Å². The van der Waals surface area contributed by atoms with Gasteiger partial charge in [0.05, 0.1) is 31.3 Å². The van der Waals surface area contributed by atoms with E-state index in [1.165, 1.54) is 0 Å². The number of rotatable bonds is 7. The van der Waals surface area contributed by atoms with Gasteiger partial charge in [-0.2, -0.15) is 0 Å². The van der Waals surface area contributed by atoms with Crippen LogP contribution in [0, 0.1) is 0 Å². The Kier molecular flexibility index (Phi) is 5.80. The summed E-state index contributed by atoms with van der Waals surface area (Å²) in [5.41, 5.74) is 2.47. The third-order valence-electron chi connectivity index (χ3n) is 5.55. The molecule has 7 nitrogen and oxygen atoms in total. The lowest BCUT2D eigenvalue weighted by Gasteiger charge is -2.37. The van der Waals surface area contributed by atoms with E-state index in [1.54, 1.807) is 0 Å². The van der Waals surface area contributed by atoms with Crippen LogP contribution in [0.5, 0.6) is 0 Å². The van der Waals surface area contributed by atoms with Gasteiger partial charge in [-0.25, -0.2) is 9.97 Å². The van der Waals surface area contributed by atoms with Gasteiger partial charge in [-0.1, -0.05) is 30.3 Å². The predicted octanol–water partition coefficient (Wildman–Crippen LogP) is 3.24. The average Bonchev–Trinajstić information content (AvgIpc) is 3.14. The van der Waals surface area contributed by atoms with Crippen LogP contribution in [0.25, 0.3) is 22.4 Å². The Morgan fingerprint density at radius 3 is 2.69 bits per heavy atom. The van der Waals surface area contributed by atoms with Crippen LogP contribution in [0.4, 0.5) is 5.82 Å². The van der Waals surface area contributed by atoms with Crippen molar-refractivity contribution in [2.24, 2.45) is 0 Å². The monoisotopic (exact) mass is 396 g/mol. The Morgan fingerprint density at radius 1 is 1.21 bits per heavy atom. The molecule has 0 unspecified atom stereocenters. The SMILES string of the molecule is CC1(Nc2nc(-c3ccccc3)nc3[nH]c(COCCO)cc23)CCC(O)CC1. The van der Waals surface area contributed by atoms with Gasteiger partial charge >= 0.3 is 0 Å². The van der Waals surface area contributed by atoms with Crippen LogP contribution in [-0.4, -0.2) is 50.0 Å². The number of fused-ring (bicyclic) bond motifs is 1. The fraction of sp³-hybridized carbons (Fsp3) is 0.455. The van der Waals surface area contributed by atoms with Crippen LogP contribution < -0.4 is 5.32 Å². The van der Waals surface area contributed by atoms with Crippen molar-refractivity contribution < 1.29 is 14.9 Å². The molecule has 29 heavy (non-hydrogen) atoms. The summed E-state index contributed by atoms with van der Waals surface area (Å²) in [6, 6.07) is 11.9. The van der Waals surface area contributed by atoms with Crippen LogP contribution in [-0.2, 0) is 11.3 Å². The number of aromatic amines is 1. The van der Waals surface area contributed by atoms with Gasteiger partial charge in [0.15, 0.2) is 5.82 Å². The lowest BCUT2D eigenvalue weighted by atomic mass is 9.82. The Balaban J connectivity index is 1.71. The first kappa shape index (κ1) is 19.8. The molecule has 1 aliphatic rings. The summed E-state index contributed by atoms with van der Waals surface area (Å²) in [6.45, 7) is 2.85. The zero-order chi connectivity index (χ0) is 20.3. The molecule has 1 fully saturated rings. The summed E-state index contributed by atoms with van der Waals surface area (Å²) in [7, 11) is 0. The largest absolute Gasteiger partial charge is 0.394 e. The Morgan fingerprint density at radius 2 is 1.97 bits per heavy atom. The molecule has 0 bridgehead atoms. The molecule has 7 heteroatoms. The van der Waals surface area contributed by atoms with Crippen molar-refractivity contribution in [2.45, 2.75) is 50.9 Å². The van der Waals surface area contributed by atoms with Gasteiger partial charge in [0.2, 0.25) is 0 Å². The number of H-pyrrole nitrogens is 1. The zero-order valence-electron chi connectivity index (χ0n) is 16.7. The second-order valence-electron chi connectivity index (χ2n) is 8.01. The second-order valence-corrected chi connectivity index (χ2v) is 8.01. The van der Waals surface area contributed by atoms with E-state index in [0.29, 0.717) is 19.0 Å². The molecule has 0 aliphatic heterocycles. The Bertz CT molecular complexity index is 949. The highest BCUT2D eigenvalue weighted by molar-refractivity contribution is 5.89. The van der Waals surface area contributed by atoms with Crippen molar-refractivity contribution in [2.75, 3.05) is 18.5 Å². The van der Waals surface area contributed by atoms with E-state index >= 15 is 0 Å². The summed E-state index contributed by atoms with van der Waals surface area (Å²) < 4.78 is 5.46. The minimum absolute atomic E-state index is 0.00476. The highest BCUT2D eigenvalue weighted by Gasteiger charge is 2.31. The molecule has 0 radical (unpaired) electrons. The number of aromatic nitrogens is 3. The average molecular weight is 396 g/mol. The molecule has 2 aromatic heterocycles. The second kappa shape index (κ2) is 8.49. The summed E-state index contributed by atoms with van der Waals surface area (Å²) in [5.74, 6) is 1.45. The van der Waals surface area contributed by atoms with Crippen molar-refractivity contribution in [1.29, 1.82) is 0 Å². The molecule has 3 aromatic rings. The molecular formula is C22H28N4O3. The smallest absolute Gasteiger partial charge is 0.163 e. The maximum atomic E-state index is 9.89. The molecule has 4 rings (SSSR count). The van der Waals surface area contributed by atoms with E-state index in [0.717, 1.165) is 53.8 Å². The number of nitrogens with one attached hydrogen (secondary N) is 2. The normalized spacial score (nSPS) is 22.1. The predicted molar refractivity (Wildman–Crippen MR) is 113 cm³/mol. The maximum Gasteiger partial charge on any atom is 0.163 e.